The van der Waals surface area contributed by atoms with Crippen molar-refractivity contribution in [3.63, 3.8) is 0 Å². The van der Waals surface area contributed by atoms with Crippen molar-refractivity contribution < 1.29 is 4.92 Å². The van der Waals surface area contributed by atoms with Crippen molar-refractivity contribution in [2.45, 2.75) is 6.92 Å². The van der Waals surface area contributed by atoms with Gasteiger partial charge < -0.3 is 4.57 Å². The molecule has 0 N–H and O–H groups in total. The van der Waals surface area contributed by atoms with Crippen LogP contribution < -0.4 is 0 Å². The van der Waals surface area contributed by atoms with Gasteiger partial charge in [-0.1, -0.05) is 17.7 Å². The summed E-state index contributed by atoms with van der Waals surface area (Å²) in [7, 11) is 0. The molecule has 0 saturated carbocycles. The maximum atomic E-state index is 10.7. The van der Waals surface area contributed by atoms with Crippen LogP contribution in [0, 0.1) is 17.0 Å². The molecule has 0 aliphatic carbocycles. The molecule has 0 bridgehead atoms. The van der Waals surface area contributed by atoms with Crippen LogP contribution in [0.2, 0.25) is 0 Å². The van der Waals surface area contributed by atoms with Crippen molar-refractivity contribution >= 4 is 17.6 Å². The molecule has 3 rings (SSSR count). The SMILES string of the molecule is Cc1ccc(N=Cc2cccn2-c2ccc([N+](=O)[O-])cc2)cc1. The van der Waals surface area contributed by atoms with E-state index in [1.54, 1.807) is 18.3 Å². The van der Waals surface area contributed by atoms with Crippen LogP contribution in [-0.2, 0) is 0 Å². The first-order valence-corrected chi connectivity index (χ1v) is 7.16. The van der Waals surface area contributed by atoms with Crippen molar-refractivity contribution in [3.8, 4) is 5.69 Å². The second kappa shape index (κ2) is 6.27. The number of nitro benzene ring substituents is 1. The number of benzene rings is 2. The summed E-state index contributed by atoms with van der Waals surface area (Å²) in [5.74, 6) is 0. The first kappa shape index (κ1) is 14.7. The number of rotatable bonds is 4. The van der Waals surface area contributed by atoms with Crippen molar-refractivity contribution in [2.75, 3.05) is 0 Å². The van der Waals surface area contributed by atoms with Gasteiger partial charge >= 0.3 is 0 Å². The largest absolute Gasteiger partial charge is 0.316 e. The van der Waals surface area contributed by atoms with E-state index in [0.717, 1.165) is 17.1 Å². The fourth-order valence-corrected chi connectivity index (χ4v) is 2.24. The predicted molar refractivity (Wildman–Crippen MR) is 90.9 cm³/mol. The van der Waals surface area contributed by atoms with Gasteiger partial charge in [0.25, 0.3) is 5.69 Å². The lowest BCUT2D eigenvalue weighted by atomic mass is 10.2. The average Bonchev–Trinajstić information content (AvgIpc) is 3.03. The number of aliphatic imine (C=N–C) groups is 1. The van der Waals surface area contributed by atoms with Crippen LogP contribution in [0.4, 0.5) is 11.4 Å². The molecule has 0 aliphatic rings. The highest BCUT2D eigenvalue weighted by Gasteiger charge is 2.06. The molecule has 0 unspecified atom stereocenters. The summed E-state index contributed by atoms with van der Waals surface area (Å²) in [4.78, 5) is 14.8. The van der Waals surface area contributed by atoms with Crippen LogP contribution in [0.3, 0.4) is 0 Å². The normalized spacial score (nSPS) is 11.0. The zero-order valence-electron chi connectivity index (χ0n) is 12.6. The van der Waals surface area contributed by atoms with Crippen molar-refractivity contribution in [3.05, 3.63) is 88.2 Å². The van der Waals surface area contributed by atoms with E-state index in [1.807, 2.05) is 54.1 Å². The van der Waals surface area contributed by atoms with E-state index in [9.17, 15) is 10.1 Å². The minimum Gasteiger partial charge on any atom is -0.316 e. The van der Waals surface area contributed by atoms with Crippen molar-refractivity contribution in [1.29, 1.82) is 0 Å². The molecule has 2 aromatic carbocycles. The van der Waals surface area contributed by atoms with Gasteiger partial charge in [-0.05, 0) is 43.3 Å². The smallest absolute Gasteiger partial charge is 0.269 e. The molecule has 0 amide bonds. The molecule has 0 fully saturated rings. The van der Waals surface area contributed by atoms with Gasteiger partial charge in [0.1, 0.15) is 0 Å². The fraction of sp³-hybridized carbons (Fsp3) is 0.0556. The van der Waals surface area contributed by atoms with Gasteiger partial charge in [-0.2, -0.15) is 0 Å². The molecule has 1 aromatic heterocycles. The van der Waals surface area contributed by atoms with E-state index in [1.165, 1.54) is 17.7 Å². The Morgan fingerprint density at radius 3 is 2.39 bits per heavy atom. The Labute approximate surface area is 133 Å². The van der Waals surface area contributed by atoms with Gasteiger partial charge in [-0.15, -0.1) is 0 Å². The van der Waals surface area contributed by atoms with Gasteiger partial charge in [-0.25, -0.2) is 0 Å². The third-order valence-corrected chi connectivity index (χ3v) is 3.50. The van der Waals surface area contributed by atoms with Crippen LogP contribution in [0.25, 0.3) is 5.69 Å². The molecule has 23 heavy (non-hydrogen) atoms. The molecule has 3 aromatic rings. The molecule has 0 radical (unpaired) electrons. The molecule has 0 aliphatic heterocycles. The molecule has 0 spiro atoms. The Morgan fingerprint density at radius 1 is 1.04 bits per heavy atom. The van der Waals surface area contributed by atoms with Crippen LogP contribution >= 0.6 is 0 Å². The van der Waals surface area contributed by atoms with Crippen LogP contribution in [-0.4, -0.2) is 15.7 Å². The maximum absolute atomic E-state index is 10.7. The molecule has 1 heterocycles. The Hall–Kier alpha value is -3.21. The quantitative estimate of drug-likeness (QED) is 0.406. The number of nitrogens with zero attached hydrogens (tertiary/aromatic N) is 3. The summed E-state index contributed by atoms with van der Waals surface area (Å²) in [6.07, 6.45) is 3.68. The lowest BCUT2D eigenvalue weighted by Gasteiger charge is -2.05. The summed E-state index contributed by atoms with van der Waals surface area (Å²) >= 11 is 0. The lowest BCUT2D eigenvalue weighted by Crippen LogP contribution is -1.98. The van der Waals surface area contributed by atoms with Gasteiger partial charge in [0, 0.05) is 24.0 Å². The first-order chi connectivity index (χ1) is 11.1. The third kappa shape index (κ3) is 3.35. The highest BCUT2D eigenvalue weighted by atomic mass is 16.6. The zero-order valence-corrected chi connectivity index (χ0v) is 12.6. The van der Waals surface area contributed by atoms with Gasteiger partial charge in [0.15, 0.2) is 0 Å². The topological polar surface area (TPSA) is 60.4 Å². The Kier molecular flexibility index (Phi) is 4.01. The first-order valence-electron chi connectivity index (χ1n) is 7.16. The van der Waals surface area contributed by atoms with E-state index in [-0.39, 0.29) is 5.69 Å². The summed E-state index contributed by atoms with van der Waals surface area (Å²) < 4.78 is 1.93. The number of hydrogen-bond donors (Lipinski definition) is 0. The van der Waals surface area contributed by atoms with E-state index in [2.05, 4.69) is 4.99 Å². The second-order valence-corrected chi connectivity index (χ2v) is 5.17. The minimum atomic E-state index is -0.404. The maximum Gasteiger partial charge on any atom is 0.269 e. The summed E-state index contributed by atoms with van der Waals surface area (Å²) in [6.45, 7) is 2.03. The number of aryl methyl sites for hydroxylation is 1. The zero-order chi connectivity index (χ0) is 16.2. The Bertz CT molecular complexity index is 847. The number of non-ortho nitro benzene ring substituents is 1. The van der Waals surface area contributed by atoms with E-state index in [4.69, 9.17) is 0 Å². The molecule has 0 atom stereocenters. The number of aromatic nitrogens is 1. The highest BCUT2D eigenvalue weighted by Crippen LogP contribution is 2.18. The summed E-state index contributed by atoms with van der Waals surface area (Å²) in [5, 5.41) is 10.7. The predicted octanol–water partition coefficient (Wildman–Crippen LogP) is 4.44. The molecular formula is C18H15N3O2. The highest BCUT2D eigenvalue weighted by molar-refractivity contribution is 5.81. The lowest BCUT2D eigenvalue weighted by molar-refractivity contribution is -0.384. The number of nitro groups is 1. The molecule has 5 nitrogen and oxygen atoms in total. The number of hydrogen-bond acceptors (Lipinski definition) is 3. The third-order valence-electron chi connectivity index (χ3n) is 3.50. The van der Waals surface area contributed by atoms with E-state index >= 15 is 0 Å². The Morgan fingerprint density at radius 2 is 1.74 bits per heavy atom. The molecule has 0 saturated heterocycles. The Balaban J connectivity index is 1.87. The van der Waals surface area contributed by atoms with Crippen LogP contribution in [0.5, 0.6) is 0 Å². The summed E-state index contributed by atoms with van der Waals surface area (Å²) in [6, 6.07) is 18.3. The van der Waals surface area contributed by atoms with E-state index < -0.39 is 4.92 Å². The van der Waals surface area contributed by atoms with Crippen LogP contribution in [0.15, 0.2) is 71.9 Å². The van der Waals surface area contributed by atoms with Crippen molar-refractivity contribution in [2.24, 2.45) is 4.99 Å². The minimum absolute atomic E-state index is 0.0794. The standard InChI is InChI=1S/C18H15N3O2/c1-14-4-6-15(7-5-14)19-13-18-3-2-12-20(18)16-8-10-17(11-9-16)21(22)23/h2-13H,1H3. The van der Waals surface area contributed by atoms with Gasteiger partial charge in [0.2, 0.25) is 0 Å². The van der Waals surface area contributed by atoms with Gasteiger partial charge in [-0.3, -0.25) is 15.1 Å². The molecule has 5 heteroatoms. The monoisotopic (exact) mass is 305 g/mol. The average molecular weight is 305 g/mol. The van der Waals surface area contributed by atoms with E-state index in [0.29, 0.717) is 0 Å². The fourth-order valence-electron chi connectivity index (χ4n) is 2.24. The second-order valence-electron chi connectivity index (χ2n) is 5.17. The van der Waals surface area contributed by atoms with Crippen LogP contribution in [0.1, 0.15) is 11.3 Å². The molecule has 114 valence electrons. The van der Waals surface area contributed by atoms with Crippen molar-refractivity contribution in [1.82, 2.24) is 4.57 Å². The molecular weight excluding hydrogens is 290 g/mol. The van der Waals surface area contributed by atoms with Gasteiger partial charge in [0.05, 0.1) is 22.5 Å². The summed E-state index contributed by atoms with van der Waals surface area (Å²) in [5.41, 5.74) is 3.91.